The van der Waals surface area contributed by atoms with Crippen molar-refractivity contribution in [1.82, 2.24) is 14.5 Å². The quantitative estimate of drug-likeness (QED) is 0.248. The lowest BCUT2D eigenvalue weighted by Gasteiger charge is -2.35. The van der Waals surface area contributed by atoms with Crippen LogP contribution in [0.3, 0.4) is 0 Å². The molecule has 1 amide bonds. The first-order chi connectivity index (χ1) is 19.2. The van der Waals surface area contributed by atoms with E-state index in [4.69, 9.17) is 26.7 Å². The molecule has 40 heavy (non-hydrogen) atoms. The summed E-state index contributed by atoms with van der Waals surface area (Å²) >= 11 is 6.28. The zero-order valence-corrected chi connectivity index (χ0v) is 23.3. The zero-order valence-electron chi connectivity index (χ0n) is 22.5. The highest BCUT2D eigenvalue weighted by atomic mass is 35.5. The van der Waals surface area contributed by atoms with Crippen molar-refractivity contribution in [3.05, 3.63) is 110 Å². The number of hydrogen-bond acceptors (Lipinski definition) is 5. The average molecular weight is 561 g/mol. The summed E-state index contributed by atoms with van der Waals surface area (Å²) in [5.41, 5.74) is 8.57. The van der Waals surface area contributed by atoms with E-state index in [1.165, 1.54) is 16.7 Å². The number of carbonyl (C=O) groups is 1. The van der Waals surface area contributed by atoms with Crippen LogP contribution in [0.4, 0.5) is 4.39 Å². The van der Waals surface area contributed by atoms with Gasteiger partial charge in [0.2, 0.25) is 5.58 Å². The van der Waals surface area contributed by atoms with Crippen LogP contribution in [0.2, 0.25) is 5.02 Å². The lowest BCUT2D eigenvalue weighted by Crippen LogP contribution is -2.43. The fourth-order valence-corrected chi connectivity index (χ4v) is 5.25. The number of hydrogen-bond donors (Lipinski definition) is 1. The van der Waals surface area contributed by atoms with Gasteiger partial charge in [-0.1, -0.05) is 55.3 Å². The van der Waals surface area contributed by atoms with Gasteiger partial charge in [-0.3, -0.25) is 14.2 Å². The molecule has 5 rings (SSSR count). The highest BCUT2D eigenvalue weighted by Crippen LogP contribution is 2.33. The molecule has 5 aromatic rings. The van der Waals surface area contributed by atoms with E-state index in [0.717, 1.165) is 5.56 Å². The van der Waals surface area contributed by atoms with Crippen LogP contribution < -0.4 is 11.3 Å². The number of furan rings is 1. The maximum Gasteiger partial charge on any atom is 0.297 e. The Morgan fingerprint density at radius 2 is 1.88 bits per heavy atom. The Labute approximate surface area is 236 Å². The predicted octanol–water partition coefficient (Wildman–Crippen LogP) is 6.09. The van der Waals surface area contributed by atoms with E-state index in [-0.39, 0.29) is 37.0 Å². The smallest absolute Gasteiger partial charge is 0.297 e. The minimum absolute atomic E-state index is 0.0328. The third-order valence-electron chi connectivity index (χ3n) is 6.96. The van der Waals surface area contributed by atoms with Crippen molar-refractivity contribution in [2.24, 2.45) is 11.7 Å². The van der Waals surface area contributed by atoms with Gasteiger partial charge in [0, 0.05) is 29.1 Å². The molecule has 2 aromatic heterocycles. The van der Waals surface area contributed by atoms with Gasteiger partial charge in [-0.15, -0.1) is 0 Å². The summed E-state index contributed by atoms with van der Waals surface area (Å²) in [4.78, 5) is 34.6. The molecule has 0 fully saturated rings. The van der Waals surface area contributed by atoms with E-state index in [9.17, 15) is 14.0 Å². The third-order valence-corrected chi connectivity index (χ3v) is 7.19. The van der Waals surface area contributed by atoms with E-state index in [1.807, 2.05) is 32.9 Å². The van der Waals surface area contributed by atoms with Gasteiger partial charge >= 0.3 is 0 Å². The maximum atomic E-state index is 14.1. The van der Waals surface area contributed by atoms with E-state index in [2.05, 4.69) is 0 Å². The number of aryl methyl sites for hydroxylation is 1. The molecule has 1 atom stereocenters. The number of rotatable bonds is 8. The lowest BCUT2D eigenvalue weighted by atomic mass is 9.99. The fraction of sp³-hybridized carbons (Fsp3) is 0.258. The highest BCUT2D eigenvalue weighted by molar-refractivity contribution is 6.31. The van der Waals surface area contributed by atoms with Gasteiger partial charge in [0.1, 0.15) is 22.7 Å². The Hall–Kier alpha value is -4.01. The largest absolute Gasteiger partial charge is 0.448 e. The topological polar surface area (TPSA) is 94.4 Å². The Kier molecular flexibility index (Phi) is 7.74. The van der Waals surface area contributed by atoms with Crippen molar-refractivity contribution in [3.8, 4) is 0 Å². The number of aromatic nitrogens is 2. The molecular weight excluding hydrogens is 531 g/mol. The summed E-state index contributed by atoms with van der Waals surface area (Å²) in [5.74, 6) is -0.450. The second kappa shape index (κ2) is 11.2. The number of amides is 1. The molecule has 0 aliphatic carbocycles. The summed E-state index contributed by atoms with van der Waals surface area (Å²) < 4.78 is 21.6. The van der Waals surface area contributed by atoms with Gasteiger partial charge in [0.25, 0.3) is 11.5 Å². The Morgan fingerprint density at radius 3 is 2.55 bits per heavy atom. The first-order valence-corrected chi connectivity index (χ1v) is 13.5. The second-order valence-electron chi connectivity index (χ2n) is 10.3. The zero-order chi connectivity index (χ0) is 28.6. The van der Waals surface area contributed by atoms with Crippen LogP contribution in [0.15, 0.2) is 75.9 Å². The Morgan fingerprint density at radius 1 is 1.12 bits per heavy atom. The number of carbonyl (C=O) groups excluding carboxylic acids is 1. The van der Waals surface area contributed by atoms with Gasteiger partial charge in [0.05, 0.1) is 12.6 Å². The summed E-state index contributed by atoms with van der Waals surface area (Å²) in [6.07, 6.45) is 0. The van der Waals surface area contributed by atoms with E-state index in [1.54, 1.807) is 47.4 Å². The second-order valence-corrected chi connectivity index (χ2v) is 10.7. The standard InChI is InChI=1S/C31H30ClFN4O3/c1-18(2)27(36(14-13-34)30(38)21-9-7-19(3)8-10-21)29-35-26-24-16-22(32)11-12-25(24)40-28(26)31(39)37(29)17-20-5-4-6-23(33)15-20/h4-12,15-16,18,27H,13-14,17,34H2,1-3H3. The first kappa shape index (κ1) is 27.6. The first-order valence-electron chi connectivity index (χ1n) is 13.1. The van der Waals surface area contributed by atoms with Crippen LogP contribution in [-0.4, -0.2) is 33.4 Å². The number of halogens is 2. The summed E-state index contributed by atoms with van der Waals surface area (Å²) in [6, 6.07) is 17.8. The molecule has 0 spiro atoms. The molecule has 0 saturated carbocycles. The van der Waals surface area contributed by atoms with Crippen molar-refractivity contribution < 1.29 is 13.6 Å². The van der Waals surface area contributed by atoms with Gasteiger partial charge < -0.3 is 15.1 Å². The molecule has 2 heterocycles. The lowest BCUT2D eigenvalue weighted by molar-refractivity contribution is 0.0612. The summed E-state index contributed by atoms with van der Waals surface area (Å²) in [6.45, 7) is 6.36. The van der Waals surface area contributed by atoms with Crippen molar-refractivity contribution >= 4 is 39.6 Å². The Bertz CT molecular complexity index is 1760. The molecule has 1 unspecified atom stereocenters. The van der Waals surface area contributed by atoms with Crippen LogP contribution in [0, 0.1) is 18.7 Å². The fourth-order valence-electron chi connectivity index (χ4n) is 5.08. The SMILES string of the molecule is Cc1ccc(C(=O)N(CCN)C(c2nc3c(oc4ccc(Cl)cc43)c(=O)n2Cc2cccc(F)c2)C(C)C)cc1. The molecule has 0 aliphatic heterocycles. The molecule has 206 valence electrons. The summed E-state index contributed by atoms with van der Waals surface area (Å²) in [5, 5.41) is 1.07. The van der Waals surface area contributed by atoms with E-state index >= 15 is 0 Å². The molecule has 0 bridgehead atoms. The van der Waals surface area contributed by atoms with Crippen LogP contribution >= 0.6 is 11.6 Å². The monoisotopic (exact) mass is 560 g/mol. The number of nitrogens with zero attached hydrogens (tertiary/aromatic N) is 3. The molecule has 0 saturated heterocycles. The predicted molar refractivity (Wildman–Crippen MR) is 155 cm³/mol. The summed E-state index contributed by atoms with van der Waals surface area (Å²) in [7, 11) is 0. The molecule has 2 N–H and O–H groups in total. The van der Waals surface area contributed by atoms with Crippen LogP contribution in [0.5, 0.6) is 0 Å². The van der Waals surface area contributed by atoms with Crippen LogP contribution in [0.1, 0.15) is 47.2 Å². The van der Waals surface area contributed by atoms with Crippen molar-refractivity contribution in [2.45, 2.75) is 33.4 Å². The number of fused-ring (bicyclic) bond motifs is 3. The minimum atomic E-state index is -0.632. The van der Waals surface area contributed by atoms with Crippen LogP contribution in [-0.2, 0) is 6.54 Å². The molecule has 0 radical (unpaired) electrons. The molecule has 7 nitrogen and oxygen atoms in total. The van der Waals surface area contributed by atoms with Crippen molar-refractivity contribution in [3.63, 3.8) is 0 Å². The molecule has 9 heteroatoms. The van der Waals surface area contributed by atoms with Crippen molar-refractivity contribution in [2.75, 3.05) is 13.1 Å². The van der Waals surface area contributed by atoms with Crippen LogP contribution in [0.25, 0.3) is 22.1 Å². The Balaban J connectivity index is 1.77. The molecule has 3 aromatic carbocycles. The molecule has 0 aliphatic rings. The van der Waals surface area contributed by atoms with Gasteiger partial charge in [-0.05, 0) is 60.9 Å². The van der Waals surface area contributed by atoms with Gasteiger partial charge in [-0.25, -0.2) is 9.37 Å². The third kappa shape index (κ3) is 5.24. The van der Waals surface area contributed by atoms with E-state index < -0.39 is 17.4 Å². The van der Waals surface area contributed by atoms with Gasteiger partial charge in [-0.2, -0.15) is 0 Å². The number of benzene rings is 3. The van der Waals surface area contributed by atoms with Crippen molar-refractivity contribution in [1.29, 1.82) is 0 Å². The van der Waals surface area contributed by atoms with E-state index in [0.29, 0.717) is 38.5 Å². The maximum absolute atomic E-state index is 14.1. The number of nitrogens with two attached hydrogens (primary N) is 1. The minimum Gasteiger partial charge on any atom is -0.448 e. The average Bonchev–Trinajstić information content (AvgIpc) is 3.28. The molecular formula is C31H30ClFN4O3. The van der Waals surface area contributed by atoms with Gasteiger partial charge in [0.15, 0.2) is 0 Å². The highest BCUT2D eigenvalue weighted by Gasteiger charge is 2.33. The normalized spacial score (nSPS) is 12.4.